The van der Waals surface area contributed by atoms with E-state index in [-0.39, 0.29) is 49.8 Å². The molecule has 0 bridgehead atoms. The van der Waals surface area contributed by atoms with E-state index in [9.17, 15) is 14.9 Å². The Morgan fingerprint density at radius 1 is 1.57 bits per heavy atom. The summed E-state index contributed by atoms with van der Waals surface area (Å²) in [7, 11) is 0. The first-order valence-electron chi connectivity index (χ1n) is 3.22. The van der Waals surface area contributed by atoms with Crippen LogP contribution in [0.3, 0.4) is 0 Å². The molecule has 0 aliphatic rings. The predicted octanol–water partition coefficient (Wildman–Crippen LogP) is 0.868. The van der Waals surface area contributed by atoms with E-state index in [1.807, 2.05) is 0 Å². The smallest absolute Gasteiger partial charge is 0.354 e. The molecule has 1 aromatic heterocycles. The quantitative estimate of drug-likeness (QED) is 0.489. The molecule has 0 spiro atoms. The first-order valence-corrected chi connectivity index (χ1v) is 3.22. The SMILES string of the molecule is [CH2-]c1cc([N+](=O)[O-])cc(C(=O)O)n1.[Y]. The Kier molecular flexibility index (Phi) is 4.66. The number of pyridine rings is 1. The summed E-state index contributed by atoms with van der Waals surface area (Å²) >= 11 is 0. The molecule has 0 aliphatic heterocycles. The van der Waals surface area contributed by atoms with E-state index < -0.39 is 10.9 Å². The number of aromatic nitrogens is 1. The fraction of sp³-hybridized carbons (Fsp3) is 0. The molecular weight excluding hydrogens is 265 g/mol. The standard InChI is InChI=1S/C7H5N2O4.Y/c1-4-2-5(9(12)13)3-6(8-4)7(10)11;/h2-3H,1H2,(H,10,11);/q-1;. The van der Waals surface area contributed by atoms with E-state index in [1.165, 1.54) is 0 Å². The zero-order valence-electron chi connectivity index (χ0n) is 7.01. The van der Waals surface area contributed by atoms with Crippen molar-refractivity contribution in [3.63, 3.8) is 0 Å². The summed E-state index contributed by atoms with van der Waals surface area (Å²) in [4.78, 5) is 23.5. The molecule has 0 aromatic carbocycles. The third-order valence-electron chi connectivity index (χ3n) is 1.29. The summed E-state index contributed by atoms with van der Waals surface area (Å²) < 4.78 is 0. The molecule has 71 valence electrons. The monoisotopic (exact) mass is 270 g/mol. The topological polar surface area (TPSA) is 93.3 Å². The number of carbonyl (C=O) groups is 1. The Morgan fingerprint density at radius 2 is 2.14 bits per heavy atom. The zero-order chi connectivity index (χ0) is 10.0. The summed E-state index contributed by atoms with van der Waals surface area (Å²) in [6.45, 7) is 3.33. The van der Waals surface area contributed by atoms with Gasteiger partial charge in [0.25, 0.3) is 0 Å². The van der Waals surface area contributed by atoms with Gasteiger partial charge in [0.05, 0.1) is 0 Å². The largest absolute Gasteiger partial charge is 0.477 e. The Balaban J connectivity index is 0.00000169. The van der Waals surface area contributed by atoms with E-state index in [1.54, 1.807) is 0 Å². The average Bonchev–Trinajstić information content (AvgIpc) is 2.03. The van der Waals surface area contributed by atoms with Gasteiger partial charge in [-0.1, -0.05) is 5.69 Å². The first kappa shape index (κ1) is 13.0. The van der Waals surface area contributed by atoms with E-state index in [2.05, 4.69) is 11.9 Å². The predicted molar refractivity (Wildman–Crippen MR) is 42.3 cm³/mol. The van der Waals surface area contributed by atoms with Crippen molar-refractivity contribution in [3.8, 4) is 0 Å². The number of nitrogens with zero attached hydrogens (tertiary/aromatic N) is 2. The van der Waals surface area contributed by atoms with Crippen LogP contribution in [0.5, 0.6) is 0 Å². The molecule has 14 heavy (non-hydrogen) atoms. The number of nitro groups is 1. The van der Waals surface area contributed by atoms with Crippen LogP contribution in [-0.4, -0.2) is 21.0 Å². The van der Waals surface area contributed by atoms with Crippen molar-refractivity contribution in [2.75, 3.05) is 0 Å². The van der Waals surface area contributed by atoms with Crippen LogP contribution in [0.25, 0.3) is 0 Å². The van der Waals surface area contributed by atoms with Crippen LogP contribution in [0.1, 0.15) is 16.2 Å². The molecule has 1 N–H and O–H groups in total. The molecule has 1 rings (SSSR count). The van der Waals surface area contributed by atoms with Crippen LogP contribution in [0.4, 0.5) is 5.69 Å². The van der Waals surface area contributed by atoms with Crippen LogP contribution in [0.15, 0.2) is 12.1 Å². The zero-order valence-corrected chi connectivity index (χ0v) is 9.84. The Bertz CT molecular complexity index is 348. The van der Waals surface area contributed by atoms with Crippen molar-refractivity contribution in [2.24, 2.45) is 0 Å². The molecule has 7 heteroatoms. The second kappa shape index (κ2) is 5.02. The van der Waals surface area contributed by atoms with Crippen molar-refractivity contribution in [3.05, 3.63) is 40.6 Å². The third kappa shape index (κ3) is 3.04. The van der Waals surface area contributed by atoms with Crippen molar-refractivity contribution in [1.82, 2.24) is 4.98 Å². The van der Waals surface area contributed by atoms with Crippen LogP contribution in [0, 0.1) is 17.0 Å². The normalized spacial score (nSPS) is 8.86. The maximum Gasteiger partial charge on any atom is 0.354 e. The summed E-state index contributed by atoms with van der Waals surface area (Å²) in [6, 6.07) is 1.99. The molecule has 1 heterocycles. The maximum absolute atomic E-state index is 10.4. The van der Waals surface area contributed by atoms with Gasteiger partial charge in [-0.3, -0.25) is 15.1 Å². The van der Waals surface area contributed by atoms with Gasteiger partial charge in [0.1, 0.15) is 0 Å². The van der Waals surface area contributed by atoms with Crippen molar-refractivity contribution >= 4 is 11.7 Å². The van der Waals surface area contributed by atoms with Crippen LogP contribution < -0.4 is 0 Å². The minimum atomic E-state index is -1.31. The molecule has 0 saturated carbocycles. The summed E-state index contributed by atoms with van der Waals surface area (Å²) in [5.41, 5.74) is -0.636. The van der Waals surface area contributed by atoms with Crippen LogP contribution in [0.2, 0.25) is 0 Å². The molecule has 0 fully saturated rings. The fourth-order valence-corrected chi connectivity index (χ4v) is 0.787. The maximum atomic E-state index is 10.4. The molecule has 6 nitrogen and oxygen atoms in total. The average molecular weight is 270 g/mol. The minimum Gasteiger partial charge on any atom is -0.477 e. The van der Waals surface area contributed by atoms with Gasteiger partial charge in [-0.2, -0.15) is 0 Å². The number of hydrogen-bond acceptors (Lipinski definition) is 4. The van der Waals surface area contributed by atoms with Crippen molar-refractivity contribution in [2.45, 2.75) is 0 Å². The van der Waals surface area contributed by atoms with E-state index >= 15 is 0 Å². The second-order valence-electron chi connectivity index (χ2n) is 2.26. The van der Waals surface area contributed by atoms with Gasteiger partial charge in [0, 0.05) is 43.7 Å². The van der Waals surface area contributed by atoms with Crippen LogP contribution in [-0.2, 0) is 32.7 Å². The molecule has 1 radical (unpaired) electrons. The molecular formula is C7H5N2O4Y-. The molecule has 0 amide bonds. The van der Waals surface area contributed by atoms with Gasteiger partial charge < -0.3 is 5.11 Å². The number of hydrogen-bond donors (Lipinski definition) is 1. The molecule has 0 atom stereocenters. The number of rotatable bonds is 2. The number of aromatic carboxylic acids is 1. The van der Waals surface area contributed by atoms with Crippen molar-refractivity contribution in [1.29, 1.82) is 0 Å². The Morgan fingerprint density at radius 3 is 2.57 bits per heavy atom. The Labute approximate surface area is 104 Å². The molecule has 0 unspecified atom stereocenters. The first-order chi connectivity index (χ1) is 6.00. The minimum absolute atomic E-state index is 0. The molecule has 0 saturated heterocycles. The summed E-state index contributed by atoms with van der Waals surface area (Å²) in [6.07, 6.45) is 0. The second-order valence-corrected chi connectivity index (χ2v) is 2.26. The van der Waals surface area contributed by atoms with E-state index in [0.29, 0.717) is 0 Å². The molecule has 0 aliphatic carbocycles. The van der Waals surface area contributed by atoms with Crippen LogP contribution >= 0.6 is 0 Å². The summed E-state index contributed by atoms with van der Waals surface area (Å²) in [5, 5.41) is 18.8. The van der Waals surface area contributed by atoms with E-state index in [4.69, 9.17) is 5.11 Å². The number of carboxylic acid groups (broad SMARTS) is 1. The van der Waals surface area contributed by atoms with Gasteiger partial charge in [-0.25, -0.2) is 11.7 Å². The summed E-state index contributed by atoms with van der Waals surface area (Å²) in [5.74, 6) is -1.31. The Hall–Kier alpha value is -1.01. The van der Waals surface area contributed by atoms with E-state index in [0.717, 1.165) is 12.1 Å². The van der Waals surface area contributed by atoms with Gasteiger partial charge >= 0.3 is 5.97 Å². The third-order valence-corrected chi connectivity index (χ3v) is 1.29. The molecule has 1 aromatic rings. The fourth-order valence-electron chi connectivity index (χ4n) is 0.787. The van der Waals surface area contributed by atoms with Gasteiger partial charge in [0.15, 0.2) is 11.4 Å². The number of carboxylic acids is 1. The van der Waals surface area contributed by atoms with Crippen molar-refractivity contribution < 1.29 is 47.5 Å². The van der Waals surface area contributed by atoms with Gasteiger partial charge in [0.2, 0.25) is 0 Å². The van der Waals surface area contributed by atoms with Gasteiger partial charge in [-0.15, -0.1) is 6.07 Å². The van der Waals surface area contributed by atoms with Gasteiger partial charge in [-0.05, 0) is 0 Å².